The van der Waals surface area contributed by atoms with E-state index in [4.69, 9.17) is 10.00 Å². The Labute approximate surface area is 140 Å². The molecule has 0 bridgehead atoms. The van der Waals surface area contributed by atoms with Crippen LogP contribution in [0.5, 0.6) is 5.75 Å². The lowest BCUT2D eigenvalue weighted by Crippen LogP contribution is -2.53. The first kappa shape index (κ1) is 16.0. The summed E-state index contributed by atoms with van der Waals surface area (Å²) in [5, 5.41) is 22.7. The van der Waals surface area contributed by atoms with Crippen molar-refractivity contribution >= 4 is 5.91 Å². The molecule has 1 unspecified atom stereocenters. The molecule has 2 atom stereocenters. The summed E-state index contributed by atoms with van der Waals surface area (Å²) in [6, 6.07) is 15.2. The lowest BCUT2D eigenvalue weighted by atomic mass is 9.85. The van der Waals surface area contributed by atoms with Crippen molar-refractivity contribution in [1.29, 1.82) is 5.26 Å². The number of aliphatic hydroxyl groups is 1. The summed E-state index contributed by atoms with van der Waals surface area (Å²) in [5.74, 6) is 0.272. The molecule has 24 heavy (non-hydrogen) atoms. The van der Waals surface area contributed by atoms with Crippen molar-refractivity contribution in [2.75, 3.05) is 0 Å². The van der Waals surface area contributed by atoms with E-state index in [9.17, 15) is 9.90 Å². The third kappa shape index (κ3) is 2.84. The van der Waals surface area contributed by atoms with Gasteiger partial charge in [-0.3, -0.25) is 4.79 Å². The van der Waals surface area contributed by atoms with Gasteiger partial charge in [0.05, 0.1) is 17.7 Å². The summed E-state index contributed by atoms with van der Waals surface area (Å²) in [6.45, 7) is 3.53. The molecule has 1 aliphatic rings. The zero-order valence-corrected chi connectivity index (χ0v) is 13.5. The van der Waals surface area contributed by atoms with Crippen LogP contribution in [0.3, 0.4) is 0 Å². The molecular formula is C19H18N2O3. The first-order valence-corrected chi connectivity index (χ1v) is 7.69. The molecule has 5 heteroatoms. The number of fused-ring (bicyclic) bond motifs is 1. The van der Waals surface area contributed by atoms with Crippen LogP contribution in [0.2, 0.25) is 0 Å². The Bertz CT molecular complexity index is 809. The van der Waals surface area contributed by atoms with E-state index >= 15 is 0 Å². The number of rotatable bonds is 2. The second-order valence-corrected chi connectivity index (χ2v) is 6.33. The lowest BCUT2D eigenvalue weighted by molar-refractivity contribution is -0.0627. The normalized spacial score (nSPS) is 21.1. The van der Waals surface area contributed by atoms with Gasteiger partial charge in [-0.1, -0.05) is 18.2 Å². The minimum absolute atomic E-state index is 0.286. The van der Waals surface area contributed by atoms with E-state index in [2.05, 4.69) is 11.4 Å². The van der Waals surface area contributed by atoms with Crippen molar-refractivity contribution in [3.05, 3.63) is 65.2 Å². The van der Waals surface area contributed by atoms with Crippen molar-refractivity contribution in [3.8, 4) is 11.8 Å². The first-order valence-electron chi connectivity index (χ1n) is 7.69. The summed E-state index contributed by atoms with van der Waals surface area (Å²) in [6.07, 6.45) is -0.952. The number of nitrogens with zero attached hydrogens (tertiary/aromatic N) is 1. The van der Waals surface area contributed by atoms with E-state index in [1.807, 2.05) is 6.07 Å². The van der Waals surface area contributed by atoms with Crippen LogP contribution in [-0.4, -0.2) is 22.7 Å². The molecule has 0 saturated carbocycles. The fourth-order valence-corrected chi connectivity index (χ4v) is 2.84. The van der Waals surface area contributed by atoms with Crippen LogP contribution in [0, 0.1) is 11.3 Å². The number of hydrogen-bond donors (Lipinski definition) is 2. The Morgan fingerprint density at radius 3 is 2.62 bits per heavy atom. The highest BCUT2D eigenvalue weighted by Gasteiger charge is 2.43. The predicted octanol–water partition coefficient (Wildman–Crippen LogP) is 2.56. The Balaban J connectivity index is 1.99. The summed E-state index contributed by atoms with van der Waals surface area (Å²) >= 11 is 0. The molecule has 0 radical (unpaired) electrons. The van der Waals surface area contributed by atoms with Gasteiger partial charge in [0.2, 0.25) is 0 Å². The average Bonchev–Trinajstić information content (AvgIpc) is 2.59. The van der Waals surface area contributed by atoms with Gasteiger partial charge in [0, 0.05) is 11.1 Å². The van der Waals surface area contributed by atoms with Crippen molar-refractivity contribution in [2.24, 2.45) is 0 Å². The molecule has 2 aromatic carbocycles. The summed E-state index contributed by atoms with van der Waals surface area (Å²) in [7, 11) is 0. The van der Waals surface area contributed by atoms with Gasteiger partial charge in [-0.2, -0.15) is 5.26 Å². The van der Waals surface area contributed by atoms with Gasteiger partial charge >= 0.3 is 0 Å². The van der Waals surface area contributed by atoms with Gasteiger partial charge in [-0.25, -0.2) is 0 Å². The van der Waals surface area contributed by atoms with Gasteiger partial charge in [0.25, 0.3) is 5.91 Å². The van der Waals surface area contributed by atoms with E-state index in [1.165, 1.54) is 0 Å². The Kier molecular flexibility index (Phi) is 4.00. The molecule has 1 aliphatic heterocycles. The SMILES string of the molecule is CC1(C)Oc2ccc(C#N)cc2C(NC(=O)c2ccccc2)[C@@H]1O. The van der Waals surface area contributed by atoms with Crippen LogP contribution < -0.4 is 10.1 Å². The van der Waals surface area contributed by atoms with Crippen LogP contribution in [-0.2, 0) is 0 Å². The number of nitrogens with one attached hydrogen (secondary N) is 1. The highest BCUT2D eigenvalue weighted by Crippen LogP contribution is 2.40. The number of carbonyl (C=O) groups excluding carboxylic acids is 1. The fourth-order valence-electron chi connectivity index (χ4n) is 2.84. The van der Waals surface area contributed by atoms with Crippen LogP contribution in [0.25, 0.3) is 0 Å². The second kappa shape index (κ2) is 5.99. The molecular weight excluding hydrogens is 304 g/mol. The Hall–Kier alpha value is -2.84. The van der Waals surface area contributed by atoms with E-state index in [0.29, 0.717) is 22.4 Å². The molecule has 0 saturated heterocycles. The predicted molar refractivity (Wildman–Crippen MR) is 88.5 cm³/mol. The lowest BCUT2D eigenvalue weighted by Gasteiger charge is -2.42. The van der Waals surface area contributed by atoms with Crippen LogP contribution in [0.1, 0.15) is 41.4 Å². The first-order chi connectivity index (χ1) is 11.4. The minimum atomic E-state index is -0.952. The average molecular weight is 322 g/mol. The van der Waals surface area contributed by atoms with Crippen LogP contribution in [0.4, 0.5) is 0 Å². The number of carbonyl (C=O) groups is 1. The molecule has 1 heterocycles. The number of amides is 1. The molecule has 1 amide bonds. The van der Waals surface area contributed by atoms with E-state index < -0.39 is 17.7 Å². The number of hydrogen-bond acceptors (Lipinski definition) is 4. The monoisotopic (exact) mass is 322 g/mol. The standard InChI is InChI=1S/C19H18N2O3/c1-19(2)17(22)16(21-18(23)13-6-4-3-5-7-13)14-10-12(11-20)8-9-15(14)24-19/h3-10,16-17,22H,1-2H3,(H,21,23)/t16?,17-/m0/s1. The second-order valence-electron chi connectivity index (χ2n) is 6.33. The molecule has 0 aromatic heterocycles. The number of aliphatic hydroxyl groups excluding tert-OH is 1. The zero-order valence-electron chi connectivity index (χ0n) is 13.5. The van der Waals surface area contributed by atoms with Crippen molar-refractivity contribution in [1.82, 2.24) is 5.32 Å². The van der Waals surface area contributed by atoms with Crippen molar-refractivity contribution < 1.29 is 14.6 Å². The Morgan fingerprint density at radius 2 is 1.96 bits per heavy atom. The highest BCUT2D eigenvalue weighted by molar-refractivity contribution is 5.94. The fraction of sp³-hybridized carbons (Fsp3) is 0.263. The van der Waals surface area contributed by atoms with E-state index in [-0.39, 0.29) is 5.91 Å². The summed E-state index contributed by atoms with van der Waals surface area (Å²) < 4.78 is 5.84. The minimum Gasteiger partial charge on any atom is -0.485 e. The molecule has 0 spiro atoms. The number of ether oxygens (including phenoxy) is 1. The molecule has 122 valence electrons. The van der Waals surface area contributed by atoms with Gasteiger partial charge in [0.1, 0.15) is 17.5 Å². The van der Waals surface area contributed by atoms with Crippen LogP contribution in [0.15, 0.2) is 48.5 Å². The smallest absolute Gasteiger partial charge is 0.251 e. The van der Waals surface area contributed by atoms with Gasteiger partial charge < -0.3 is 15.2 Å². The van der Waals surface area contributed by atoms with Crippen molar-refractivity contribution in [2.45, 2.75) is 31.6 Å². The maximum absolute atomic E-state index is 12.5. The molecule has 0 aliphatic carbocycles. The molecule has 3 rings (SSSR count). The molecule has 2 aromatic rings. The number of nitriles is 1. The van der Waals surface area contributed by atoms with Gasteiger partial charge in [-0.15, -0.1) is 0 Å². The maximum Gasteiger partial charge on any atom is 0.251 e. The highest BCUT2D eigenvalue weighted by atomic mass is 16.5. The largest absolute Gasteiger partial charge is 0.485 e. The zero-order chi connectivity index (χ0) is 17.3. The summed E-state index contributed by atoms with van der Waals surface area (Å²) in [5.41, 5.74) is 0.691. The third-order valence-electron chi connectivity index (χ3n) is 4.20. The quantitative estimate of drug-likeness (QED) is 0.890. The van der Waals surface area contributed by atoms with E-state index in [0.717, 1.165) is 0 Å². The molecule has 2 N–H and O–H groups in total. The van der Waals surface area contributed by atoms with Gasteiger partial charge in [-0.05, 0) is 44.2 Å². The van der Waals surface area contributed by atoms with Crippen molar-refractivity contribution in [3.63, 3.8) is 0 Å². The van der Waals surface area contributed by atoms with Gasteiger partial charge in [0.15, 0.2) is 0 Å². The topological polar surface area (TPSA) is 82.3 Å². The maximum atomic E-state index is 12.5. The Morgan fingerprint density at radius 1 is 1.25 bits per heavy atom. The molecule has 0 fully saturated rings. The van der Waals surface area contributed by atoms with E-state index in [1.54, 1.807) is 56.3 Å². The molecule has 5 nitrogen and oxygen atoms in total. The van der Waals surface area contributed by atoms with Crippen LogP contribution >= 0.6 is 0 Å². The number of benzene rings is 2. The summed E-state index contributed by atoms with van der Waals surface area (Å²) in [4.78, 5) is 12.5. The third-order valence-corrected chi connectivity index (χ3v) is 4.20.